The van der Waals surface area contributed by atoms with E-state index in [4.69, 9.17) is 11.5 Å². The summed E-state index contributed by atoms with van der Waals surface area (Å²) in [6.07, 6.45) is -7.10. The van der Waals surface area contributed by atoms with Gasteiger partial charge in [0.2, 0.25) is 23.6 Å². The molecule has 0 saturated carbocycles. The van der Waals surface area contributed by atoms with Crippen LogP contribution in [0.5, 0.6) is 0 Å². The Labute approximate surface area is 204 Å². The lowest BCUT2D eigenvalue weighted by molar-refractivity contribution is -0.142. The number of nitrogens with two attached hydrogens (primary N) is 2. The molecule has 0 aliphatic rings. The second-order valence-electron chi connectivity index (χ2n) is 9.39. The van der Waals surface area contributed by atoms with E-state index in [1.165, 1.54) is 6.92 Å². The van der Waals surface area contributed by atoms with Crippen molar-refractivity contribution in [3.05, 3.63) is 0 Å². The lowest BCUT2D eigenvalue weighted by Gasteiger charge is -2.31. The van der Waals surface area contributed by atoms with Crippen LogP contribution < -0.4 is 22.1 Å². The van der Waals surface area contributed by atoms with Crippen LogP contribution in [0.2, 0.25) is 0 Å². The molecule has 8 unspecified atom stereocenters. The fourth-order valence-electron chi connectivity index (χ4n) is 3.63. The zero-order valence-electron chi connectivity index (χ0n) is 20.8. The first-order valence-electron chi connectivity index (χ1n) is 11.4. The molecule has 0 bridgehead atoms. The summed E-state index contributed by atoms with van der Waals surface area (Å²) >= 11 is 0. The third kappa shape index (κ3) is 10.7. The lowest BCUT2D eigenvalue weighted by atomic mass is 9.86. The SMILES string of the molecule is CC(=O)C(O)C(O)C(CCC(N)=O)NC(=O)C(NC(=O)C(C)C(O)C(C)CC(C)C)C(O)C(N)=O. The Kier molecular flexibility index (Phi) is 13.6. The van der Waals surface area contributed by atoms with Crippen molar-refractivity contribution >= 4 is 29.4 Å². The molecule has 0 aromatic carbocycles. The molecule has 0 aliphatic heterocycles. The van der Waals surface area contributed by atoms with E-state index in [0.29, 0.717) is 6.42 Å². The largest absolute Gasteiger partial charge is 0.392 e. The summed E-state index contributed by atoms with van der Waals surface area (Å²) in [7, 11) is 0. The van der Waals surface area contributed by atoms with E-state index < -0.39 is 71.8 Å². The summed E-state index contributed by atoms with van der Waals surface area (Å²) in [5.41, 5.74) is 10.2. The number of hydrogen-bond donors (Lipinski definition) is 8. The fraction of sp³-hybridized carbons (Fsp3) is 0.773. The van der Waals surface area contributed by atoms with E-state index in [9.17, 15) is 44.4 Å². The Hall–Kier alpha value is -2.61. The average Bonchev–Trinajstić information content (AvgIpc) is 2.76. The number of Topliss-reactive ketones (excluding diaryl/α,β-unsaturated/α-hetero) is 1. The minimum atomic E-state index is -2.19. The van der Waals surface area contributed by atoms with Gasteiger partial charge in [-0.2, -0.15) is 0 Å². The van der Waals surface area contributed by atoms with Crippen molar-refractivity contribution in [1.29, 1.82) is 0 Å². The van der Waals surface area contributed by atoms with Crippen LogP contribution in [0.3, 0.4) is 0 Å². The zero-order chi connectivity index (χ0) is 27.6. The highest BCUT2D eigenvalue weighted by atomic mass is 16.3. The Balaban J connectivity index is 5.76. The maximum Gasteiger partial charge on any atom is 0.248 e. The van der Waals surface area contributed by atoms with Gasteiger partial charge < -0.3 is 42.5 Å². The molecule has 0 fully saturated rings. The molecule has 0 heterocycles. The molecule has 0 spiro atoms. The molecule has 202 valence electrons. The van der Waals surface area contributed by atoms with Gasteiger partial charge in [-0.25, -0.2) is 0 Å². The fourth-order valence-corrected chi connectivity index (χ4v) is 3.63. The van der Waals surface area contributed by atoms with Crippen molar-refractivity contribution in [1.82, 2.24) is 10.6 Å². The number of rotatable bonds is 16. The number of carbonyl (C=O) groups excluding carboxylic acids is 5. The van der Waals surface area contributed by atoms with Crippen molar-refractivity contribution in [3.63, 3.8) is 0 Å². The molecule has 4 amide bonds. The van der Waals surface area contributed by atoms with Gasteiger partial charge in [0.05, 0.1) is 18.1 Å². The van der Waals surface area contributed by atoms with Crippen LogP contribution in [0, 0.1) is 17.8 Å². The summed E-state index contributed by atoms with van der Waals surface area (Å²) in [4.78, 5) is 59.9. The molecular weight excluding hydrogens is 464 g/mol. The number of nitrogens with one attached hydrogen (secondary N) is 2. The average molecular weight is 505 g/mol. The number of ketones is 1. The number of primary amides is 2. The van der Waals surface area contributed by atoms with Gasteiger partial charge in [0, 0.05) is 6.42 Å². The zero-order valence-corrected chi connectivity index (χ0v) is 20.8. The lowest BCUT2D eigenvalue weighted by Crippen LogP contribution is -2.61. The van der Waals surface area contributed by atoms with Crippen molar-refractivity contribution in [2.75, 3.05) is 0 Å². The van der Waals surface area contributed by atoms with Gasteiger partial charge in [-0.3, -0.25) is 24.0 Å². The third-order valence-corrected chi connectivity index (χ3v) is 5.72. The monoisotopic (exact) mass is 504 g/mol. The first-order valence-corrected chi connectivity index (χ1v) is 11.4. The molecule has 0 aromatic heterocycles. The highest BCUT2D eigenvalue weighted by molar-refractivity contribution is 5.94. The van der Waals surface area contributed by atoms with Gasteiger partial charge in [-0.15, -0.1) is 0 Å². The van der Waals surface area contributed by atoms with Gasteiger partial charge in [-0.1, -0.05) is 27.7 Å². The first kappa shape index (κ1) is 32.4. The molecule has 0 aliphatic carbocycles. The van der Waals surface area contributed by atoms with Crippen LogP contribution >= 0.6 is 0 Å². The van der Waals surface area contributed by atoms with E-state index in [1.807, 2.05) is 13.8 Å². The van der Waals surface area contributed by atoms with Crippen LogP contribution in [-0.2, 0) is 24.0 Å². The van der Waals surface area contributed by atoms with Crippen molar-refractivity contribution in [2.45, 2.75) is 90.4 Å². The minimum Gasteiger partial charge on any atom is -0.392 e. The highest BCUT2D eigenvalue weighted by Gasteiger charge is 2.38. The standard InChI is InChI=1S/C22H40N4O9/c1-9(2)8-10(3)16(29)11(4)21(34)26-15(19(32)20(24)33)22(35)25-13(6-7-14(23)28)18(31)17(30)12(5)27/h9-11,13,15-19,29-32H,6-8H2,1-5H3,(H2,23,28)(H2,24,33)(H,25,35)(H,26,34). The maximum atomic E-state index is 12.9. The summed E-state index contributed by atoms with van der Waals surface area (Å²) in [6.45, 7) is 8.05. The number of carbonyl (C=O) groups is 5. The van der Waals surface area contributed by atoms with Crippen LogP contribution in [0.4, 0.5) is 0 Å². The molecular formula is C22H40N4O9. The smallest absolute Gasteiger partial charge is 0.248 e. The van der Waals surface area contributed by atoms with Crippen LogP contribution in [-0.4, -0.2) is 86.3 Å². The van der Waals surface area contributed by atoms with E-state index >= 15 is 0 Å². The molecule has 13 heteroatoms. The van der Waals surface area contributed by atoms with Crippen molar-refractivity contribution in [3.8, 4) is 0 Å². The van der Waals surface area contributed by atoms with Crippen molar-refractivity contribution < 1.29 is 44.4 Å². The molecule has 35 heavy (non-hydrogen) atoms. The first-order chi connectivity index (χ1) is 16.0. The van der Waals surface area contributed by atoms with E-state index in [-0.39, 0.29) is 24.7 Å². The Morgan fingerprint density at radius 2 is 1.34 bits per heavy atom. The highest BCUT2D eigenvalue weighted by Crippen LogP contribution is 2.21. The number of amides is 4. The van der Waals surface area contributed by atoms with Gasteiger partial charge >= 0.3 is 0 Å². The van der Waals surface area contributed by atoms with Gasteiger partial charge in [0.1, 0.15) is 18.2 Å². The predicted molar refractivity (Wildman–Crippen MR) is 124 cm³/mol. The molecule has 10 N–H and O–H groups in total. The summed E-state index contributed by atoms with van der Waals surface area (Å²) in [5, 5.41) is 45.3. The van der Waals surface area contributed by atoms with E-state index in [1.54, 1.807) is 6.92 Å². The molecule has 13 nitrogen and oxygen atoms in total. The normalized spacial score (nSPS) is 18.3. The van der Waals surface area contributed by atoms with Gasteiger partial charge in [0.25, 0.3) is 0 Å². The van der Waals surface area contributed by atoms with E-state index in [2.05, 4.69) is 10.6 Å². The number of aliphatic hydroxyl groups excluding tert-OH is 4. The summed E-state index contributed by atoms with van der Waals surface area (Å²) in [5.74, 6) is -6.06. The second-order valence-corrected chi connectivity index (χ2v) is 9.39. The number of aliphatic hydroxyl groups is 4. The molecule has 0 saturated heterocycles. The predicted octanol–water partition coefficient (Wildman–Crippen LogP) is -2.94. The second kappa shape index (κ2) is 14.7. The van der Waals surface area contributed by atoms with Crippen LogP contribution in [0.15, 0.2) is 0 Å². The molecule has 0 aromatic rings. The molecule has 0 radical (unpaired) electrons. The van der Waals surface area contributed by atoms with E-state index in [0.717, 1.165) is 6.92 Å². The van der Waals surface area contributed by atoms with Crippen LogP contribution in [0.25, 0.3) is 0 Å². The summed E-state index contributed by atoms with van der Waals surface area (Å²) in [6, 6.07) is -3.35. The summed E-state index contributed by atoms with van der Waals surface area (Å²) < 4.78 is 0. The minimum absolute atomic E-state index is 0.249. The Morgan fingerprint density at radius 1 is 0.800 bits per heavy atom. The Bertz CT molecular complexity index is 761. The molecule has 8 atom stereocenters. The molecule has 0 rings (SSSR count). The van der Waals surface area contributed by atoms with Gasteiger partial charge in [0.15, 0.2) is 11.9 Å². The number of hydrogen-bond acceptors (Lipinski definition) is 9. The third-order valence-electron chi connectivity index (χ3n) is 5.72. The topological polar surface area (TPSA) is 242 Å². The quantitative estimate of drug-likeness (QED) is 0.107. The van der Waals surface area contributed by atoms with Gasteiger partial charge in [-0.05, 0) is 31.6 Å². The van der Waals surface area contributed by atoms with Crippen LogP contribution in [0.1, 0.15) is 53.9 Å². The van der Waals surface area contributed by atoms with Crippen molar-refractivity contribution in [2.24, 2.45) is 29.2 Å². The maximum absolute atomic E-state index is 12.9. The Morgan fingerprint density at radius 3 is 1.77 bits per heavy atom.